The smallest absolute Gasteiger partial charge is 0.259 e. The molecule has 0 saturated heterocycles. The average Bonchev–Trinajstić information content (AvgIpc) is 3.06. The Labute approximate surface area is 185 Å². The summed E-state index contributed by atoms with van der Waals surface area (Å²) in [6.45, 7) is 3.81. The molecule has 0 unspecified atom stereocenters. The molecule has 3 amide bonds. The second-order valence-electron chi connectivity index (χ2n) is 7.79. The first-order valence-corrected chi connectivity index (χ1v) is 10.6. The molecule has 1 aliphatic heterocycles. The normalized spacial score (nSPS) is 13.3. The minimum absolute atomic E-state index is 0.122. The quantitative estimate of drug-likeness (QED) is 0.620. The summed E-state index contributed by atoms with van der Waals surface area (Å²) < 4.78 is 13.3. The van der Waals surface area contributed by atoms with Crippen molar-refractivity contribution in [3.63, 3.8) is 0 Å². The molecule has 1 N–H and O–H groups in total. The van der Waals surface area contributed by atoms with Crippen molar-refractivity contribution in [1.82, 2.24) is 10.2 Å². The van der Waals surface area contributed by atoms with E-state index in [4.69, 9.17) is 0 Å². The van der Waals surface area contributed by atoms with Crippen molar-refractivity contribution in [3.05, 3.63) is 77.6 Å². The zero-order valence-electron chi connectivity index (χ0n) is 18.0. The molecular formula is C25H24FN3O3. The number of carbonyl (C=O) groups is 3. The van der Waals surface area contributed by atoms with Crippen LogP contribution in [0.3, 0.4) is 0 Å². The van der Waals surface area contributed by atoms with E-state index < -0.39 is 6.04 Å². The van der Waals surface area contributed by atoms with E-state index in [2.05, 4.69) is 5.32 Å². The number of hydrogen-bond acceptors (Lipinski definition) is 3. The zero-order chi connectivity index (χ0) is 22.8. The van der Waals surface area contributed by atoms with Crippen LogP contribution < -0.4 is 10.2 Å². The van der Waals surface area contributed by atoms with Crippen LogP contribution in [0.15, 0.2) is 60.7 Å². The molecule has 0 aromatic heterocycles. The molecule has 0 fully saturated rings. The molecule has 164 valence electrons. The van der Waals surface area contributed by atoms with Crippen molar-refractivity contribution in [2.24, 2.45) is 0 Å². The lowest BCUT2D eigenvalue weighted by atomic mass is 10.1. The van der Waals surface area contributed by atoms with E-state index in [9.17, 15) is 18.8 Å². The van der Waals surface area contributed by atoms with Gasteiger partial charge in [0.15, 0.2) is 0 Å². The van der Waals surface area contributed by atoms with Crippen LogP contribution in [-0.4, -0.2) is 41.8 Å². The molecule has 1 heterocycles. The number of carbonyl (C=O) groups excluding carboxylic acids is 3. The van der Waals surface area contributed by atoms with Crippen LogP contribution in [0.5, 0.6) is 0 Å². The van der Waals surface area contributed by atoms with Gasteiger partial charge in [0.25, 0.3) is 5.91 Å². The number of benzene rings is 3. The summed E-state index contributed by atoms with van der Waals surface area (Å²) in [6, 6.07) is 16.1. The lowest BCUT2D eigenvalue weighted by molar-refractivity contribution is -0.139. The Hall–Kier alpha value is -3.74. The first kappa shape index (κ1) is 21.5. The average molecular weight is 433 g/mol. The maximum absolute atomic E-state index is 13.4. The second kappa shape index (κ2) is 8.78. The lowest BCUT2D eigenvalue weighted by Gasteiger charge is -2.30. The Morgan fingerprint density at radius 3 is 2.44 bits per heavy atom. The Kier molecular flexibility index (Phi) is 5.90. The van der Waals surface area contributed by atoms with Crippen LogP contribution in [0.2, 0.25) is 0 Å². The lowest BCUT2D eigenvalue weighted by Crippen LogP contribution is -2.50. The van der Waals surface area contributed by atoms with E-state index >= 15 is 0 Å². The van der Waals surface area contributed by atoms with Crippen LogP contribution in [0, 0.1) is 5.82 Å². The van der Waals surface area contributed by atoms with Crippen LogP contribution in [0.1, 0.15) is 29.8 Å². The van der Waals surface area contributed by atoms with E-state index in [1.807, 2.05) is 30.3 Å². The van der Waals surface area contributed by atoms with E-state index in [1.165, 1.54) is 21.9 Å². The summed E-state index contributed by atoms with van der Waals surface area (Å²) in [7, 11) is 0. The van der Waals surface area contributed by atoms with Crippen LogP contribution in [0.4, 0.5) is 10.1 Å². The Bertz CT molecular complexity index is 1190. The minimum atomic E-state index is -0.761. The van der Waals surface area contributed by atoms with Crippen LogP contribution in [0.25, 0.3) is 10.8 Å². The van der Waals surface area contributed by atoms with E-state index in [0.717, 1.165) is 10.8 Å². The summed E-state index contributed by atoms with van der Waals surface area (Å²) in [6.07, 6.45) is 0. The van der Waals surface area contributed by atoms with E-state index in [1.54, 1.807) is 32.0 Å². The Morgan fingerprint density at radius 1 is 1.06 bits per heavy atom. The fourth-order valence-electron chi connectivity index (χ4n) is 4.05. The maximum Gasteiger partial charge on any atom is 0.259 e. The van der Waals surface area contributed by atoms with Gasteiger partial charge in [0.1, 0.15) is 18.4 Å². The predicted octanol–water partition coefficient (Wildman–Crippen LogP) is 3.49. The van der Waals surface area contributed by atoms with Gasteiger partial charge in [0.05, 0.1) is 5.69 Å². The van der Waals surface area contributed by atoms with E-state index in [-0.39, 0.29) is 36.6 Å². The van der Waals surface area contributed by atoms with Gasteiger partial charge in [0, 0.05) is 24.0 Å². The number of amides is 3. The van der Waals surface area contributed by atoms with Crippen molar-refractivity contribution in [3.8, 4) is 0 Å². The van der Waals surface area contributed by atoms with Gasteiger partial charge in [-0.1, -0.05) is 36.4 Å². The minimum Gasteiger partial charge on any atom is -0.355 e. The molecule has 4 rings (SSSR count). The van der Waals surface area contributed by atoms with Gasteiger partial charge in [-0.05, 0) is 49.1 Å². The molecule has 3 aromatic carbocycles. The van der Waals surface area contributed by atoms with Gasteiger partial charge in [-0.3, -0.25) is 19.3 Å². The molecule has 32 heavy (non-hydrogen) atoms. The monoisotopic (exact) mass is 433 g/mol. The summed E-state index contributed by atoms with van der Waals surface area (Å²) in [5.41, 5.74) is 1.94. The summed E-state index contributed by atoms with van der Waals surface area (Å²) in [5, 5.41) is 4.50. The molecule has 3 aromatic rings. The summed E-state index contributed by atoms with van der Waals surface area (Å²) in [4.78, 5) is 41.9. The Balaban J connectivity index is 1.62. The number of nitrogens with one attached hydrogen (secondary N) is 1. The molecule has 6 nitrogen and oxygen atoms in total. The van der Waals surface area contributed by atoms with Gasteiger partial charge < -0.3 is 10.2 Å². The predicted molar refractivity (Wildman–Crippen MR) is 121 cm³/mol. The number of anilines is 1. The molecule has 0 aliphatic carbocycles. The number of nitrogens with zero attached hydrogens (tertiary/aromatic N) is 2. The van der Waals surface area contributed by atoms with Crippen molar-refractivity contribution in [1.29, 1.82) is 0 Å². The molecule has 0 radical (unpaired) electrons. The fourth-order valence-corrected chi connectivity index (χ4v) is 4.05. The van der Waals surface area contributed by atoms with Crippen molar-refractivity contribution in [2.45, 2.75) is 26.4 Å². The largest absolute Gasteiger partial charge is 0.355 e. The van der Waals surface area contributed by atoms with Gasteiger partial charge in [0.2, 0.25) is 11.8 Å². The Morgan fingerprint density at radius 2 is 1.75 bits per heavy atom. The fraction of sp³-hybridized carbons (Fsp3) is 0.240. The van der Waals surface area contributed by atoms with Crippen LogP contribution >= 0.6 is 0 Å². The molecule has 0 spiro atoms. The summed E-state index contributed by atoms with van der Waals surface area (Å²) >= 11 is 0. The standard InChI is InChI=1S/C25H24FN3O3/c1-3-27-24(31)16(2)28(14-17-10-12-19(26)13-11-17)22(30)15-29-21-9-5-7-18-6-4-8-20(23(18)21)25(29)32/h4-13,16H,3,14-15H2,1-2H3,(H,27,31)/t16-/m1/s1. The number of rotatable bonds is 7. The first-order chi connectivity index (χ1) is 15.4. The topological polar surface area (TPSA) is 69.7 Å². The van der Waals surface area contributed by atoms with Crippen molar-refractivity contribution in [2.75, 3.05) is 18.0 Å². The highest BCUT2D eigenvalue weighted by molar-refractivity contribution is 6.26. The van der Waals surface area contributed by atoms with Crippen molar-refractivity contribution < 1.29 is 18.8 Å². The third kappa shape index (κ3) is 3.93. The number of likely N-dealkylation sites (N-methyl/N-ethyl adjacent to an activating group) is 1. The highest BCUT2D eigenvalue weighted by Crippen LogP contribution is 2.37. The maximum atomic E-state index is 13.4. The third-order valence-corrected chi connectivity index (χ3v) is 5.73. The summed E-state index contributed by atoms with van der Waals surface area (Å²) in [5.74, 6) is -1.28. The molecule has 7 heteroatoms. The number of hydrogen-bond donors (Lipinski definition) is 1. The molecular weight excluding hydrogens is 409 g/mol. The third-order valence-electron chi connectivity index (χ3n) is 5.73. The highest BCUT2D eigenvalue weighted by atomic mass is 19.1. The highest BCUT2D eigenvalue weighted by Gasteiger charge is 2.34. The van der Waals surface area contributed by atoms with Crippen molar-refractivity contribution >= 4 is 34.2 Å². The molecule has 0 saturated carbocycles. The van der Waals surface area contributed by atoms with Gasteiger partial charge >= 0.3 is 0 Å². The van der Waals surface area contributed by atoms with Gasteiger partial charge in [-0.2, -0.15) is 0 Å². The SMILES string of the molecule is CCNC(=O)[C@@H](C)N(Cc1ccc(F)cc1)C(=O)CN1C(=O)c2cccc3cccc1c23. The van der Waals surface area contributed by atoms with Crippen LogP contribution in [-0.2, 0) is 16.1 Å². The van der Waals surface area contributed by atoms with Gasteiger partial charge in [-0.25, -0.2) is 4.39 Å². The molecule has 0 bridgehead atoms. The molecule has 1 atom stereocenters. The zero-order valence-corrected chi connectivity index (χ0v) is 18.0. The molecule has 1 aliphatic rings. The second-order valence-corrected chi connectivity index (χ2v) is 7.79. The number of halogens is 1. The van der Waals surface area contributed by atoms with E-state index in [0.29, 0.717) is 23.4 Å². The van der Waals surface area contributed by atoms with Gasteiger partial charge in [-0.15, -0.1) is 0 Å². The first-order valence-electron chi connectivity index (χ1n) is 10.6.